The second kappa shape index (κ2) is 7.83. The molecule has 0 saturated heterocycles. The lowest BCUT2D eigenvalue weighted by molar-refractivity contribution is -0.115. The summed E-state index contributed by atoms with van der Waals surface area (Å²) in [4.78, 5) is 12.3. The molecule has 3 aromatic rings. The van der Waals surface area contributed by atoms with Crippen LogP contribution in [0.2, 0.25) is 0 Å². The highest BCUT2D eigenvalue weighted by Gasteiger charge is 2.21. The first-order chi connectivity index (χ1) is 12.9. The second-order valence-corrected chi connectivity index (χ2v) is 7.03. The standard InChI is InChI=1S/C18H15F3N4OS/c1-10(17(26)22-15-13(20)4-3-5-14(15)21)27-18-24-23-16(25(18)2)11-6-8-12(19)9-7-11/h3-10H,1-2H3,(H,22,26)/t10-/m0/s1. The summed E-state index contributed by atoms with van der Waals surface area (Å²) >= 11 is 1.09. The Kier molecular flexibility index (Phi) is 5.50. The maximum absolute atomic E-state index is 13.7. The topological polar surface area (TPSA) is 59.8 Å². The number of hydrogen-bond acceptors (Lipinski definition) is 4. The summed E-state index contributed by atoms with van der Waals surface area (Å²) in [5, 5.41) is 10.1. The van der Waals surface area contributed by atoms with E-state index in [4.69, 9.17) is 0 Å². The van der Waals surface area contributed by atoms with Crippen molar-refractivity contribution < 1.29 is 18.0 Å². The van der Waals surface area contributed by atoms with E-state index in [1.54, 1.807) is 30.7 Å². The van der Waals surface area contributed by atoms with Gasteiger partial charge in [-0.2, -0.15) is 0 Å². The van der Waals surface area contributed by atoms with Crippen molar-refractivity contribution in [1.29, 1.82) is 0 Å². The first-order valence-corrected chi connectivity index (χ1v) is 8.81. The Hall–Kier alpha value is -2.81. The average Bonchev–Trinajstić information content (AvgIpc) is 2.99. The first-order valence-electron chi connectivity index (χ1n) is 7.93. The number of carbonyl (C=O) groups excluding carboxylic acids is 1. The van der Waals surface area contributed by atoms with Gasteiger partial charge in [0.2, 0.25) is 5.91 Å². The summed E-state index contributed by atoms with van der Waals surface area (Å²) < 4.78 is 42.1. The van der Waals surface area contributed by atoms with Gasteiger partial charge < -0.3 is 9.88 Å². The molecule has 0 radical (unpaired) electrons. The monoisotopic (exact) mass is 392 g/mol. The Morgan fingerprint density at radius 1 is 1.07 bits per heavy atom. The molecule has 0 spiro atoms. The Labute approximate surface area is 157 Å². The lowest BCUT2D eigenvalue weighted by Crippen LogP contribution is -2.24. The molecule has 0 saturated carbocycles. The van der Waals surface area contributed by atoms with E-state index >= 15 is 0 Å². The number of thioether (sulfide) groups is 1. The third-order valence-corrected chi connectivity index (χ3v) is 4.93. The molecule has 0 bridgehead atoms. The van der Waals surface area contributed by atoms with Crippen LogP contribution in [-0.4, -0.2) is 25.9 Å². The highest BCUT2D eigenvalue weighted by molar-refractivity contribution is 8.00. The number of carbonyl (C=O) groups is 1. The number of halogens is 3. The first kappa shape index (κ1) is 19.0. The van der Waals surface area contributed by atoms with Crippen molar-refractivity contribution in [3.63, 3.8) is 0 Å². The molecule has 1 aromatic heterocycles. The maximum Gasteiger partial charge on any atom is 0.237 e. The van der Waals surface area contributed by atoms with Crippen LogP contribution < -0.4 is 5.32 Å². The molecule has 0 aliphatic carbocycles. The van der Waals surface area contributed by atoms with Crippen LogP contribution in [0.5, 0.6) is 0 Å². The molecule has 9 heteroatoms. The summed E-state index contributed by atoms with van der Waals surface area (Å²) in [7, 11) is 1.71. The van der Waals surface area contributed by atoms with Gasteiger partial charge in [-0.1, -0.05) is 17.8 Å². The van der Waals surface area contributed by atoms with E-state index in [2.05, 4.69) is 15.5 Å². The SMILES string of the molecule is C[C@H](Sc1nnc(-c2ccc(F)cc2)n1C)C(=O)Nc1c(F)cccc1F. The molecule has 1 heterocycles. The van der Waals surface area contributed by atoms with Crippen LogP contribution in [0.15, 0.2) is 47.6 Å². The van der Waals surface area contributed by atoms with Crippen LogP contribution in [0.1, 0.15) is 6.92 Å². The lowest BCUT2D eigenvalue weighted by atomic mass is 10.2. The van der Waals surface area contributed by atoms with E-state index in [9.17, 15) is 18.0 Å². The zero-order valence-corrected chi connectivity index (χ0v) is 15.2. The van der Waals surface area contributed by atoms with Crippen molar-refractivity contribution in [2.24, 2.45) is 7.05 Å². The molecule has 140 valence electrons. The van der Waals surface area contributed by atoms with Crippen LogP contribution in [0.25, 0.3) is 11.4 Å². The molecule has 1 N–H and O–H groups in total. The predicted molar refractivity (Wildman–Crippen MR) is 96.7 cm³/mol. The van der Waals surface area contributed by atoms with Gasteiger partial charge in [0.1, 0.15) is 23.1 Å². The van der Waals surface area contributed by atoms with E-state index in [0.29, 0.717) is 16.5 Å². The van der Waals surface area contributed by atoms with Crippen LogP contribution in [0.4, 0.5) is 18.9 Å². The minimum Gasteiger partial charge on any atom is -0.320 e. The molecular weight excluding hydrogens is 377 g/mol. The lowest BCUT2D eigenvalue weighted by Gasteiger charge is -2.12. The van der Waals surface area contributed by atoms with Gasteiger partial charge in [0.05, 0.1) is 5.25 Å². The summed E-state index contributed by atoms with van der Waals surface area (Å²) in [6.45, 7) is 1.59. The Morgan fingerprint density at radius 2 is 1.70 bits per heavy atom. The number of para-hydroxylation sites is 1. The fourth-order valence-electron chi connectivity index (χ4n) is 2.32. The van der Waals surface area contributed by atoms with Gasteiger partial charge >= 0.3 is 0 Å². The molecule has 5 nitrogen and oxygen atoms in total. The Bertz CT molecular complexity index is 955. The summed E-state index contributed by atoms with van der Waals surface area (Å²) in [6, 6.07) is 9.12. The second-order valence-electron chi connectivity index (χ2n) is 5.72. The third kappa shape index (κ3) is 4.13. The fourth-order valence-corrected chi connectivity index (χ4v) is 3.14. The van der Waals surface area contributed by atoms with Crippen molar-refractivity contribution in [1.82, 2.24) is 14.8 Å². The largest absolute Gasteiger partial charge is 0.320 e. The Morgan fingerprint density at radius 3 is 2.33 bits per heavy atom. The molecule has 0 aliphatic rings. The quantitative estimate of drug-likeness (QED) is 0.667. The number of anilines is 1. The van der Waals surface area contributed by atoms with Gasteiger partial charge in [0.15, 0.2) is 11.0 Å². The molecule has 1 atom stereocenters. The summed E-state index contributed by atoms with van der Waals surface area (Å²) in [6.07, 6.45) is 0. The van der Waals surface area contributed by atoms with Crippen molar-refractivity contribution in [2.45, 2.75) is 17.3 Å². The number of aromatic nitrogens is 3. The van der Waals surface area contributed by atoms with Gasteiger partial charge in [-0.15, -0.1) is 10.2 Å². The molecule has 2 aromatic carbocycles. The number of benzene rings is 2. The summed E-state index contributed by atoms with van der Waals surface area (Å²) in [5.74, 6) is -2.13. The zero-order chi connectivity index (χ0) is 19.6. The zero-order valence-electron chi connectivity index (χ0n) is 14.4. The molecule has 3 rings (SSSR count). The maximum atomic E-state index is 13.7. The minimum absolute atomic E-state index is 0.360. The highest BCUT2D eigenvalue weighted by Crippen LogP contribution is 2.27. The fraction of sp³-hybridized carbons (Fsp3) is 0.167. The molecule has 0 aliphatic heterocycles. The number of nitrogens with one attached hydrogen (secondary N) is 1. The van der Waals surface area contributed by atoms with Crippen molar-refractivity contribution >= 4 is 23.4 Å². The predicted octanol–water partition coefficient (Wildman–Crippen LogP) is 4.02. The van der Waals surface area contributed by atoms with Gasteiger partial charge in [-0.05, 0) is 43.3 Å². The number of amides is 1. The van der Waals surface area contributed by atoms with E-state index in [1.807, 2.05) is 0 Å². The van der Waals surface area contributed by atoms with E-state index in [1.165, 1.54) is 18.2 Å². The highest BCUT2D eigenvalue weighted by atomic mass is 32.2. The van der Waals surface area contributed by atoms with Crippen molar-refractivity contribution in [3.8, 4) is 11.4 Å². The third-order valence-electron chi connectivity index (χ3n) is 3.80. The van der Waals surface area contributed by atoms with Crippen LogP contribution >= 0.6 is 11.8 Å². The number of hydrogen-bond donors (Lipinski definition) is 1. The molecule has 0 unspecified atom stereocenters. The van der Waals surface area contributed by atoms with Gasteiger partial charge in [-0.25, -0.2) is 13.2 Å². The minimum atomic E-state index is -0.849. The van der Waals surface area contributed by atoms with Crippen LogP contribution in [0, 0.1) is 17.5 Å². The molecule has 0 fully saturated rings. The van der Waals surface area contributed by atoms with E-state index < -0.39 is 28.5 Å². The van der Waals surface area contributed by atoms with Gasteiger partial charge in [0.25, 0.3) is 0 Å². The molecule has 1 amide bonds. The van der Waals surface area contributed by atoms with E-state index in [-0.39, 0.29) is 5.82 Å². The summed E-state index contributed by atoms with van der Waals surface area (Å²) in [5.41, 5.74) is 0.184. The van der Waals surface area contributed by atoms with Crippen molar-refractivity contribution in [3.05, 3.63) is 59.9 Å². The van der Waals surface area contributed by atoms with Crippen molar-refractivity contribution in [2.75, 3.05) is 5.32 Å². The molecule has 27 heavy (non-hydrogen) atoms. The Balaban J connectivity index is 1.73. The van der Waals surface area contributed by atoms with Gasteiger partial charge in [0, 0.05) is 12.6 Å². The average molecular weight is 392 g/mol. The van der Waals surface area contributed by atoms with E-state index in [0.717, 1.165) is 23.9 Å². The van der Waals surface area contributed by atoms with Crippen LogP contribution in [0.3, 0.4) is 0 Å². The normalized spacial score (nSPS) is 12.0. The smallest absolute Gasteiger partial charge is 0.237 e. The number of nitrogens with zero attached hydrogens (tertiary/aromatic N) is 3. The number of rotatable bonds is 5. The van der Waals surface area contributed by atoms with Gasteiger partial charge in [-0.3, -0.25) is 4.79 Å². The molecular formula is C18H15F3N4OS. The van der Waals surface area contributed by atoms with Crippen LogP contribution in [-0.2, 0) is 11.8 Å².